The molecule has 0 bridgehead atoms. The molecular formula is C29H31F3N2S. The summed E-state index contributed by atoms with van der Waals surface area (Å²) in [6, 6.07) is 18.6. The van der Waals surface area contributed by atoms with E-state index in [1.807, 2.05) is 32.0 Å². The van der Waals surface area contributed by atoms with Gasteiger partial charge in [0.2, 0.25) is 0 Å². The molecule has 0 radical (unpaired) electrons. The van der Waals surface area contributed by atoms with E-state index in [9.17, 15) is 13.2 Å². The van der Waals surface area contributed by atoms with Gasteiger partial charge in [-0.2, -0.15) is 13.2 Å². The summed E-state index contributed by atoms with van der Waals surface area (Å²) in [6.07, 6.45) is 1.49. The molecule has 0 saturated heterocycles. The lowest BCUT2D eigenvalue weighted by atomic mass is 10.00. The number of aryl methyl sites for hydroxylation is 1. The van der Waals surface area contributed by atoms with Crippen LogP contribution in [0.25, 0.3) is 16.7 Å². The van der Waals surface area contributed by atoms with Crippen LogP contribution in [0.3, 0.4) is 0 Å². The molecule has 1 heterocycles. The minimum absolute atomic E-state index is 0.421. The summed E-state index contributed by atoms with van der Waals surface area (Å²) in [5.41, 5.74) is 10.9. The number of benzene rings is 2. The Labute approximate surface area is 209 Å². The number of allylic oxidation sites excluding steroid dienone is 5. The van der Waals surface area contributed by atoms with Gasteiger partial charge in [0.05, 0.1) is 17.7 Å². The number of thiazole rings is 1. The average Bonchev–Trinajstić information content (AvgIpc) is 3.34. The summed E-state index contributed by atoms with van der Waals surface area (Å²) in [5.74, 6) is 0. The van der Waals surface area contributed by atoms with Gasteiger partial charge in [0.25, 0.3) is 0 Å². The highest BCUT2D eigenvalue weighted by atomic mass is 32.1. The molecule has 1 aromatic heterocycles. The molecule has 2 N–H and O–H groups in total. The molecule has 35 heavy (non-hydrogen) atoms. The fourth-order valence-electron chi connectivity index (χ4n) is 3.39. The van der Waals surface area contributed by atoms with Gasteiger partial charge >= 0.3 is 6.18 Å². The smallest absolute Gasteiger partial charge is 0.320 e. The first-order valence-electron chi connectivity index (χ1n) is 11.6. The van der Waals surface area contributed by atoms with Crippen molar-refractivity contribution in [1.29, 1.82) is 0 Å². The summed E-state index contributed by atoms with van der Waals surface area (Å²) in [5, 5.41) is 2.47. The van der Waals surface area contributed by atoms with Crippen molar-refractivity contribution >= 4 is 16.9 Å². The molecule has 184 valence electrons. The van der Waals surface area contributed by atoms with Crippen LogP contribution in [0.1, 0.15) is 49.4 Å². The predicted molar refractivity (Wildman–Crippen MR) is 141 cm³/mol. The second-order valence-electron chi connectivity index (χ2n) is 8.84. The van der Waals surface area contributed by atoms with Crippen LogP contribution in [0.4, 0.5) is 13.2 Å². The number of hydrogen-bond donors (Lipinski definition) is 1. The molecule has 0 saturated carbocycles. The molecule has 3 rings (SSSR count). The highest BCUT2D eigenvalue weighted by Gasteiger charge is 2.26. The summed E-state index contributed by atoms with van der Waals surface area (Å²) >= 11 is 1.37. The largest absolute Gasteiger partial charge is 0.392 e. The Balaban J connectivity index is 1.67. The van der Waals surface area contributed by atoms with Crippen LogP contribution in [0.2, 0.25) is 0 Å². The van der Waals surface area contributed by atoms with Crippen LogP contribution in [-0.2, 0) is 12.0 Å². The number of nitrogens with two attached hydrogens (primary N) is 1. The summed E-state index contributed by atoms with van der Waals surface area (Å²) in [7, 11) is 0. The van der Waals surface area contributed by atoms with E-state index >= 15 is 0 Å². The van der Waals surface area contributed by atoms with Crippen LogP contribution in [0.15, 0.2) is 90.4 Å². The molecular weight excluding hydrogens is 465 g/mol. The third-order valence-electron chi connectivity index (χ3n) is 5.87. The SMILES string of the molecule is C=C(/C=C\C(=C/CC(F)(F)F)c1csc([C@@](C)(N)CC)n1)CCc1ccc(-c2ccccc2)cc1. The minimum Gasteiger partial charge on any atom is -0.320 e. The van der Waals surface area contributed by atoms with E-state index in [0.29, 0.717) is 29.1 Å². The van der Waals surface area contributed by atoms with Gasteiger partial charge in [-0.25, -0.2) is 4.98 Å². The Hall–Kier alpha value is -2.96. The van der Waals surface area contributed by atoms with E-state index < -0.39 is 18.1 Å². The fourth-order valence-corrected chi connectivity index (χ4v) is 4.37. The number of rotatable bonds is 10. The van der Waals surface area contributed by atoms with Crippen molar-refractivity contribution in [2.75, 3.05) is 0 Å². The van der Waals surface area contributed by atoms with Crippen molar-refractivity contribution in [3.05, 3.63) is 107 Å². The first-order chi connectivity index (χ1) is 16.6. The summed E-state index contributed by atoms with van der Waals surface area (Å²) in [4.78, 5) is 4.54. The second-order valence-corrected chi connectivity index (χ2v) is 9.70. The number of alkyl halides is 3. The highest BCUT2D eigenvalue weighted by molar-refractivity contribution is 7.09. The Kier molecular flexibility index (Phi) is 8.87. The number of aromatic nitrogens is 1. The van der Waals surface area contributed by atoms with Crippen molar-refractivity contribution < 1.29 is 13.2 Å². The zero-order valence-electron chi connectivity index (χ0n) is 20.1. The standard InChI is InChI=1S/C29H31F3N2S/c1-4-28(3,33)27-34-26(20-35-27)25(18-19-29(30,31)32)15-11-21(2)10-12-22-13-16-24(17-14-22)23-8-6-5-7-9-23/h5-9,11,13-18,20H,2,4,10,12,19,33H2,1,3H3/b15-11-,25-18+/t28-/m0/s1. The fraction of sp³-hybridized carbons (Fsp3) is 0.276. The Morgan fingerprint density at radius 2 is 1.69 bits per heavy atom. The normalized spacial score (nSPS) is 14.3. The Morgan fingerprint density at radius 3 is 2.31 bits per heavy atom. The molecule has 0 aliphatic carbocycles. The van der Waals surface area contributed by atoms with Gasteiger partial charge in [-0.15, -0.1) is 11.3 Å². The van der Waals surface area contributed by atoms with Crippen LogP contribution < -0.4 is 5.73 Å². The first-order valence-corrected chi connectivity index (χ1v) is 12.5. The third kappa shape index (κ3) is 8.05. The van der Waals surface area contributed by atoms with E-state index in [-0.39, 0.29) is 0 Å². The van der Waals surface area contributed by atoms with Crippen molar-refractivity contribution in [2.45, 2.75) is 51.2 Å². The quantitative estimate of drug-likeness (QED) is 0.286. The lowest BCUT2D eigenvalue weighted by Gasteiger charge is -2.19. The number of nitrogens with zero attached hydrogens (tertiary/aromatic N) is 1. The maximum absolute atomic E-state index is 12.9. The molecule has 0 aliphatic heterocycles. The Morgan fingerprint density at radius 1 is 1.03 bits per heavy atom. The molecule has 2 nitrogen and oxygen atoms in total. The molecule has 0 aliphatic rings. The predicted octanol–water partition coefficient (Wildman–Crippen LogP) is 8.48. The average molecular weight is 497 g/mol. The van der Waals surface area contributed by atoms with Gasteiger partial charge in [-0.05, 0) is 48.4 Å². The molecule has 0 fully saturated rings. The summed E-state index contributed by atoms with van der Waals surface area (Å²) in [6.45, 7) is 7.93. The second kappa shape index (κ2) is 11.6. The monoisotopic (exact) mass is 496 g/mol. The molecule has 6 heteroatoms. The molecule has 0 amide bonds. The molecule has 0 unspecified atom stereocenters. The number of hydrogen-bond acceptors (Lipinski definition) is 3. The first kappa shape index (κ1) is 26.6. The van der Waals surface area contributed by atoms with Gasteiger partial charge in [0.15, 0.2) is 0 Å². The van der Waals surface area contributed by atoms with E-state index in [4.69, 9.17) is 5.73 Å². The highest BCUT2D eigenvalue weighted by Crippen LogP contribution is 2.30. The van der Waals surface area contributed by atoms with Crippen molar-refractivity contribution in [3.63, 3.8) is 0 Å². The van der Waals surface area contributed by atoms with Gasteiger partial charge in [-0.1, -0.05) is 91.9 Å². The van der Waals surface area contributed by atoms with Gasteiger partial charge in [0, 0.05) is 5.38 Å². The maximum atomic E-state index is 12.9. The lowest BCUT2D eigenvalue weighted by molar-refractivity contribution is -0.124. The zero-order chi connectivity index (χ0) is 25.5. The van der Waals surface area contributed by atoms with Gasteiger partial charge < -0.3 is 5.73 Å². The molecule has 3 aromatic rings. The molecule has 2 aromatic carbocycles. The van der Waals surface area contributed by atoms with Crippen LogP contribution >= 0.6 is 11.3 Å². The van der Waals surface area contributed by atoms with Crippen molar-refractivity contribution in [3.8, 4) is 11.1 Å². The van der Waals surface area contributed by atoms with Crippen molar-refractivity contribution in [1.82, 2.24) is 4.98 Å². The van der Waals surface area contributed by atoms with E-state index in [2.05, 4.69) is 48.0 Å². The Bertz CT molecular complexity index is 1170. The van der Waals surface area contributed by atoms with Crippen LogP contribution in [0, 0.1) is 0 Å². The van der Waals surface area contributed by atoms with Gasteiger partial charge in [0.1, 0.15) is 5.01 Å². The van der Waals surface area contributed by atoms with E-state index in [1.165, 1.54) is 28.5 Å². The maximum Gasteiger partial charge on any atom is 0.392 e. The molecule has 0 spiro atoms. The van der Waals surface area contributed by atoms with Crippen molar-refractivity contribution in [2.24, 2.45) is 5.73 Å². The van der Waals surface area contributed by atoms with Crippen LogP contribution in [-0.4, -0.2) is 11.2 Å². The van der Waals surface area contributed by atoms with E-state index in [1.54, 1.807) is 17.5 Å². The summed E-state index contributed by atoms with van der Waals surface area (Å²) < 4.78 is 38.7. The lowest BCUT2D eigenvalue weighted by Crippen LogP contribution is -2.31. The third-order valence-corrected chi connectivity index (χ3v) is 6.99. The van der Waals surface area contributed by atoms with Gasteiger partial charge in [-0.3, -0.25) is 0 Å². The van der Waals surface area contributed by atoms with E-state index in [0.717, 1.165) is 17.6 Å². The zero-order valence-corrected chi connectivity index (χ0v) is 20.9. The minimum atomic E-state index is -4.29. The number of halogens is 3. The molecule has 1 atom stereocenters. The topological polar surface area (TPSA) is 38.9 Å². The van der Waals surface area contributed by atoms with Crippen LogP contribution in [0.5, 0.6) is 0 Å².